The molecule has 1 amide bonds. The number of nitrogens with two attached hydrogens (primary N) is 1. The van der Waals surface area contributed by atoms with E-state index in [4.69, 9.17) is 15.2 Å². The van der Waals surface area contributed by atoms with Gasteiger partial charge in [0.25, 0.3) is 0 Å². The number of ether oxygens (including phenoxy) is 2. The van der Waals surface area contributed by atoms with Gasteiger partial charge in [0.1, 0.15) is 11.5 Å². The molecule has 0 spiro atoms. The van der Waals surface area contributed by atoms with Gasteiger partial charge < -0.3 is 35.8 Å². The number of amides is 1. The maximum atomic E-state index is 13.9. The lowest BCUT2D eigenvalue weighted by molar-refractivity contribution is -0.167. The number of hydrogen-bond acceptors (Lipinski definition) is 11. The molecule has 0 saturated heterocycles. The van der Waals surface area contributed by atoms with Crippen LogP contribution in [0.25, 0.3) is 11.1 Å². The van der Waals surface area contributed by atoms with E-state index in [0.29, 0.717) is 29.0 Å². The van der Waals surface area contributed by atoms with Crippen LogP contribution >= 0.6 is 0 Å². The summed E-state index contributed by atoms with van der Waals surface area (Å²) in [6.45, 7) is 1.90. The van der Waals surface area contributed by atoms with Crippen LogP contribution in [0.1, 0.15) is 47.7 Å². The zero-order chi connectivity index (χ0) is 31.5. The molecule has 230 valence electrons. The number of Topliss-reactive ketones (excluding diaryl/α,β-unsaturated/α-hetero) is 3. The summed E-state index contributed by atoms with van der Waals surface area (Å²) in [5.74, 6) is -7.33. The Bertz CT molecular complexity index is 1450. The molecule has 1 fully saturated rings. The first-order valence-corrected chi connectivity index (χ1v) is 14.1. The van der Waals surface area contributed by atoms with Crippen LogP contribution in [0.4, 0.5) is 0 Å². The summed E-state index contributed by atoms with van der Waals surface area (Å²) >= 11 is 0. The summed E-state index contributed by atoms with van der Waals surface area (Å²) in [4.78, 5) is 63.8. The van der Waals surface area contributed by atoms with Crippen molar-refractivity contribution in [2.24, 2.45) is 23.5 Å². The molecule has 1 saturated carbocycles. The Balaban J connectivity index is 1.75. The zero-order valence-electron chi connectivity index (χ0n) is 24.1. The van der Waals surface area contributed by atoms with Gasteiger partial charge in [-0.2, -0.15) is 0 Å². The zero-order valence-corrected chi connectivity index (χ0v) is 24.1. The Morgan fingerprint density at radius 2 is 1.88 bits per heavy atom. The number of primary amides is 1. The van der Waals surface area contributed by atoms with Crippen LogP contribution in [0.2, 0.25) is 0 Å². The van der Waals surface area contributed by atoms with Crippen molar-refractivity contribution in [2.75, 3.05) is 26.9 Å². The number of aliphatic hydroxyl groups is 2. The average Bonchev–Trinajstić information content (AvgIpc) is 2.95. The van der Waals surface area contributed by atoms with E-state index >= 15 is 0 Å². The normalized spacial score (nSPS) is 22.8. The first kappa shape index (κ1) is 31.8. The molecular formula is C31H36N2O10. The number of phenolic OH excluding ortho intramolecular Hbond substituents is 1. The minimum Gasteiger partial charge on any atom is -0.507 e. The highest BCUT2D eigenvalue weighted by Crippen LogP contribution is 2.50. The Kier molecular flexibility index (Phi) is 9.63. The fourth-order valence-corrected chi connectivity index (χ4v) is 6.39. The molecule has 0 aromatic heterocycles. The number of esters is 1. The Hall–Kier alpha value is -4.13. The van der Waals surface area contributed by atoms with Gasteiger partial charge >= 0.3 is 5.97 Å². The van der Waals surface area contributed by atoms with Crippen molar-refractivity contribution in [1.82, 2.24) is 5.32 Å². The quantitative estimate of drug-likeness (QED) is 0.172. The van der Waals surface area contributed by atoms with Crippen molar-refractivity contribution in [3.8, 4) is 22.6 Å². The van der Waals surface area contributed by atoms with Gasteiger partial charge in [0.15, 0.2) is 23.0 Å². The number of carbonyl (C=O) groups is 5. The summed E-state index contributed by atoms with van der Waals surface area (Å²) in [5.41, 5.74) is 4.87. The Morgan fingerprint density at radius 3 is 2.53 bits per heavy atom. The van der Waals surface area contributed by atoms with Crippen molar-refractivity contribution in [3.63, 3.8) is 0 Å². The van der Waals surface area contributed by atoms with E-state index in [9.17, 15) is 39.3 Å². The highest BCUT2D eigenvalue weighted by Gasteiger charge is 2.60. The number of rotatable bonds is 12. The minimum atomic E-state index is -2.67. The number of benzene rings is 2. The molecule has 1 unspecified atom stereocenters. The van der Waals surface area contributed by atoms with Crippen molar-refractivity contribution >= 4 is 29.2 Å². The highest BCUT2D eigenvalue weighted by molar-refractivity contribution is 6.24. The molecule has 12 nitrogen and oxygen atoms in total. The van der Waals surface area contributed by atoms with E-state index in [1.165, 1.54) is 13.2 Å². The molecule has 0 radical (unpaired) electrons. The van der Waals surface area contributed by atoms with Crippen LogP contribution in [-0.4, -0.2) is 77.0 Å². The van der Waals surface area contributed by atoms with Crippen molar-refractivity contribution < 1.29 is 48.8 Å². The predicted molar refractivity (Wildman–Crippen MR) is 152 cm³/mol. The third-order valence-electron chi connectivity index (χ3n) is 8.29. The van der Waals surface area contributed by atoms with Gasteiger partial charge in [0, 0.05) is 24.6 Å². The van der Waals surface area contributed by atoms with E-state index in [0.717, 1.165) is 5.56 Å². The molecule has 6 N–H and O–H groups in total. The summed E-state index contributed by atoms with van der Waals surface area (Å²) in [6.07, 6.45) is -0.823. The van der Waals surface area contributed by atoms with Crippen molar-refractivity contribution in [2.45, 2.75) is 44.8 Å². The molecular weight excluding hydrogens is 560 g/mol. The van der Waals surface area contributed by atoms with Gasteiger partial charge in [-0.05, 0) is 67.0 Å². The SMILES string of the molecule is CCOC(=O)CNCc1ccc(OC)c(-c2ccc(O)c3c2C[C@H]2C[C@@H](CCO)[C@@](O)(C(=O)CC(N)=O)C(=O)C2C3=O)c1. The molecule has 2 aliphatic carbocycles. The number of carbonyl (C=O) groups excluding carboxylic acids is 5. The maximum Gasteiger partial charge on any atom is 0.319 e. The van der Waals surface area contributed by atoms with Gasteiger partial charge in [-0.1, -0.05) is 12.1 Å². The van der Waals surface area contributed by atoms with Gasteiger partial charge in [0.2, 0.25) is 5.91 Å². The number of ketones is 3. The molecule has 12 heteroatoms. The van der Waals surface area contributed by atoms with Gasteiger partial charge in [-0.15, -0.1) is 0 Å². The number of fused-ring (bicyclic) bond motifs is 2. The number of methoxy groups -OCH3 is 1. The summed E-state index contributed by atoms with van der Waals surface area (Å²) in [7, 11) is 1.49. The molecule has 4 atom stereocenters. The number of aliphatic hydroxyl groups excluding tert-OH is 1. The van der Waals surface area contributed by atoms with E-state index in [-0.39, 0.29) is 49.7 Å². The number of hydrogen-bond donors (Lipinski definition) is 5. The third-order valence-corrected chi connectivity index (χ3v) is 8.29. The second-order valence-electron chi connectivity index (χ2n) is 10.9. The summed E-state index contributed by atoms with van der Waals surface area (Å²) in [6, 6.07) is 8.39. The second kappa shape index (κ2) is 13.0. The van der Waals surface area contributed by atoms with Gasteiger partial charge in [0.05, 0.1) is 38.2 Å². The molecule has 4 rings (SSSR count). The largest absolute Gasteiger partial charge is 0.507 e. The maximum absolute atomic E-state index is 13.9. The molecule has 0 heterocycles. The van der Waals surface area contributed by atoms with E-state index in [2.05, 4.69) is 5.32 Å². The first-order chi connectivity index (χ1) is 20.5. The molecule has 2 aromatic rings. The fourth-order valence-electron chi connectivity index (χ4n) is 6.39. The van der Waals surface area contributed by atoms with Crippen molar-refractivity contribution in [1.29, 1.82) is 0 Å². The van der Waals surface area contributed by atoms with Gasteiger partial charge in [-0.3, -0.25) is 24.0 Å². The summed E-state index contributed by atoms with van der Waals surface area (Å²) < 4.78 is 10.5. The van der Waals surface area contributed by atoms with Crippen LogP contribution < -0.4 is 15.8 Å². The number of nitrogens with one attached hydrogen (secondary N) is 1. The predicted octanol–water partition coefficient (Wildman–Crippen LogP) is 0.839. The van der Waals surface area contributed by atoms with E-state index in [1.807, 2.05) is 12.1 Å². The second-order valence-corrected chi connectivity index (χ2v) is 10.9. The topological polar surface area (TPSA) is 203 Å². The molecule has 0 bridgehead atoms. The highest BCUT2D eigenvalue weighted by atomic mass is 16.5. The van der Waals surface area contributed by atoms with Crippen LogP contribution in [0, 0.1) is 17.8 Å². The van der Waals surface area contributed by atoms with Crippen molar-refractivity contribution in [3.05, 3.63) is 47.0 Å². The lowest BCUT2D eigenvalue weighted by atomic mass is 9.57. The standard InChI is InChI=1S/C31H36N2O10/c1-3-43-26(38)15-33-14-16-4-7-23(42-2)20(10-16)19-5-6-22(35)28-21(19)12-17-11-18(8-9-34)31(41,24(36)13-25(32)37)30(40)27(17)29(28)39/h4-7,10,17-18,27,33-35,41H,3,8-9,11-15H2,1-2H3,(H2,32,37)/t17-,18-,27?,31-/m1/s1. The van der Waals surface area contributed by atoms with Crippen LogP contribution in [0.15, 0.2) is 30.3 Å². The monoisotopic (exact) mass is 596 g/mol. The molecule has 0 aliphatic heterocycles. The third kappa shape index (κ3) is 6.03. The van der Waals surface area contributed by atoms with Crippen LogP contribution in [0.3, 0.4) is 0 Å². The smallest absolute Gasteiger partial charge is 0.319 e. The lowest BCUT2D eigenvalue weighted by Gasteiger charge is -2.46. The Morgan fingerprint density at radius 1 is 1.14 bits per heavy atom. The van der Waals surface area contributed by atoms with E-state index < -0.39 is 59.6 Å². The van der Waals surface area contributed by atoms with Crippen LogP contribution in [0.5, 0.6) is 11.5 Å². The van der Waals surface area contributed by atoms with Gasteiger partial charge in [-0.25, -0.2) is 0 Å². The average molecular weight is 597 g/mol. The number of phenols is 1. The van der Waals surface area contributed by atoms with Crippen LogP contribution in [-0.2, 0) is 36.9 Å². The first-order valence-electron chi connectivity index (χ1n) is 14.1. The van der Waals surface area contributed by atoms with E-state index in [1.54, 1.807) is 19.1 Å². The fraction of sp³-hybridized carbons (Fsp3) is 0.452. The Labute approximate surface area is 248 Å². The molecule has 2 aliphatic rings. The summed E-state index contributed by atoms with van der Waals surface area (Å²) in [5, 5.41) is 34.9. The molecule has 2 aromatic carbocycles. The number of aromatic hydroxyl groups is 1. The lowest BCUT2D eigenvalue weighted by Crippen LogP contribution is -2.63. The minimum absolute atomic E-state index is 0.0126. The molecule has 43 heavy (non-hydrogen) atoms.